The van der Waals surface area contributed by atoms with Crippen molar-refractivity contribution in [3.63, 3.8) is 0 Å². The van der Waals surface area contributed by atoms with Crippen LogP contribution in [0.4, 0.5) is 0 Å². The number of carbonyl (C=O) groups excluding carboxylic acids is 1. The molecule has 0 bridgehead atoms. The molecule has 0 radical (unpaired) electrons. The number of nitrogens with two attached hydrogens (primary N) is 1. The molecule has 10 heteroatoms. The van der Waals surface area contributed by atoms with Gasteiger partial charge in [0.15, 0.2) is 0 Å². The Bertz CT molecular complexity index is 1020. The zero-order chi connectivity index (χ0) is 18.7. The Kier molecular flexibility index (Phi) is 4.78. The second kappa shape index (κ2) is 7.02. The van der Waals surface area contributed by atoms with Crippen LogP contribution in [0.3, 0.4) is 0 Å². The molecule has 3 aromatic rings. The van der Waals surface area contributed by atoms with E-state index in [1.807, 2.05) is 0 Å². The highest BCUT2D eigenvalue weighted by atomic mass is 32.2. The highest BCUT2D eigenvalue weighted by Crippen LogP contribution is 2.28. The molecule has 1 aromatic carbocycles. The lowest BCUT2D eigenvalue weighted by Gasteiger charge is -2.07. The van der Waals surface area contributed by atoms with E-state index < -0.39 is 10.0 Å². The number of ether oxygens (including phenoxy) is 1. The van der Waals surface area contributed by atoms with Crippen LogP contribution in [0, 0.1) is 0 Å². The largest absolute Gasteiger partial charge is 0.495 e. The van der Waals surface area contributed by atoms with Gasteiger partial charge in [0.25, 0.3) is 5.91 Å². The zero-order valence-electron chi connectivity index (χ0n) is 13.7. The minimum absolute atomic E-state index is 0.128. The fraction of sp³-hybridized carbons (Fsp3) is 0.125. The van der Waals surface area contributed by atoms with E-state index in [1.54, 1.807) is 18.2 Å². The molecule has 136 valence electrons. The highest BCUT2D eigenvalue weighted by Gasteiger charge is 2.18. The van der Waals surface area contributed by atoms with Gasteiger partial charge >= 0.3 is 0 Å². The molecule has 0 aliphatic carbocycles. The Morgan fingerprint density at radius 2 is 2.15 bits per heavy atom. The molecule has 3 rings (SSSR count). The smallest absolute Gasteiger partial charge is 0.269 e. The van der Waals surface area contributed by atoms with Crippen molar-refractivity contribution in [1.82, 2.24) is 15.5 Å². The van der Waals surface area contributed by atoms with Crippen LogP contribution in [-0.2, 0) is 16.6 Å². The van der Waals surface area contributed by atoms with Crippen LogP contribution in [0.2, 0.25) is 0 Å². The van der Waals surface area contributed by atoms with Gasteiger partial charge in [-0.25, -0.2) is 13.6 Å². The first-order valence-corrected chi connectivity index (χ1v) is 9.00. The summed E-state index contributed by atoms with van der Waals surface area (Å²) in [7, 11) is -2.63. The Morgan fingerprint density at radius 1 is 1.35 bits per heavy atom. The Balaban J connectivity index is 1.82. The predicted octanol–water partition coefficient (Wildman–Crippen LogP) is 1.26. The number of nitrogens with one attached hydrogen (secondary N) is 2. The van der Waals surface area contributed by atoms with E-state index in [-0.39, 0.29) is 28.8 Å². The van der Waals surface area contributed by atoms with Gasteiger partial charge < -0.3 is 14.5 Å². The molecule has 2 aromatic heterocycles. The van der Waals surface area contributed by atoms with Gasteiger partial charge in [0, 0.05) is 5.56 Å². The molecule has 0 aliphatic heterocycles. The maximum atomic E-state index is 12.2. The molecule has 0 atom stereocenters. The van der Waals surface area contributed by atoms with Crippen molar-refractivity contribution in [2.24, 2.45) is 5.14 Å². The number of carbonyl (C=O) groups is 1. The van der Waals surface area contributed by atoms with Crippen molar-refractivity contribution in [2.45, 2.75) is 11.4 Å². The standard InChI is InChI=1S/C16H16N4O5S/c1-24-14-5-4-10(7-15(14)26(17,22)23)12-8-13(20-19-12)16(21)18-9-11-3-2-6-25-11/h2-8H,9H2,1H3,(H,18,21)(H,19,20)(H2,17,22,23). The van der Waals surface area contributed by atoms with E-state index in [9.17, 15) is 13.2 Å². The van der Waals surface area contributed by atoms with E-state index in [0.29, 0.717) is 17.0 Å². The summed E-state index contributed by atoms with van der Waals surface area (Å²) < 4.78 is 33.6. The number of methoxy groups -OCH3 is 1. The van der Waals surface area contributed by atoms with Gasteiger partial charge in [-0.05, 0) is 36.4 Å². The first kappa shape index (κ1) is 17.7. The van der Waals surface area contributed by atoms with Gasteiger partial charge in [-0.15, -0.1) is 0 Å². The third-order valence-corrected chi connectivity index (χ3v) is 4.52. The Labute approximate surface area is 149 Å². The number of primary sulfonamides is 1. The molecule has 0 aliphatic rings. The number of sulfonamides is 1. The molecule has 2 heterocycles. The predicted molar refractivity (Wildman–Crippen MR) is 91.8 cm³/mol. The summed E-state index contributed by atoms with van der Waals surface area (Å²) >= 11 is 0. The van der Waals surface area contributed by atoms with Crippen molar-refractivity contribution in [3.05, 3.63) is 54.1 Å². The van der Waals surface area contributed by atoms with Crippen LogP contribution >= 0.6 is 0 Å². The Morgan fingerprint density at radius 3 is 2.81 bits per heavy atom. The third-order valence-electron chi connectivity index (χ3n) is 3.59. The lowest BCUT2D eigenvalue weighted by Crippen LogP contribution is -2.22. The average molecular weight is 376 g/mol. The summed E-state index contributed by atoms with van der Waals surface area (Å²) in [5.41, 5.74) is 1.08. The van der Waals surface area contributed by atoms with Crippen LogP contribution in [0.1, 0.15) is 16.2 Å². The van der Waals surface area contributed by atoms with Gasteiger partial charge in [-0.2, -0.15) is 5.10 Å². The van der Waals surface area contributed by atoms with E-state index in [0.717, 1.165) is 0 Å². The molecule has 26 heavy (non-hydrogen) atoms. The number of furan rings is 1. The molecule has 0 spiro atoms. The molecular formula is C16H16N4O5S. The topological polar surface area (TPSA) is 140 Å². The monoisotopic (exact) mass is 376 g/mol. The Hall–Kier alpha value is -3.11. The summed E-state index contributed by atoms with van der Waals surface area (Å²) in [5, 5.41) is 14.6. The van der Waals surface area contributed by atoms with E-state index in [1.165, 1.54) is 31.6 Å². The second-order valence-corrected chi connectivity index (χ2v) is 6.87. The van der Waals surface area contributed by atoms with Crippen molar-refractivity contribution < 1.29 is 22.4 Å². The minimum Gasteiger partial charge on any atom is -0.495 e. The maximum Gasteiger partial charge on any atom is 0.269 e. The van der Waals surface area contributed by atoms with Crippen molar-refractivity contribution in [3.8, 4) is 17.0 Å². The van der Waals surface area contributed by atoms with Gasteiger partial charge in [0.2, 0.25) is 10.0 Å². The fourth-order valence-corrected chi connectivity index (χ4v) is 3.04. The number of rotatable bonds is 6. The molecule has 0 fully saturated rings. The molecule has 0 saturated heterocycles. The number of nitrogens with zero attached hydrogens (tertiary/aromatic N) is 1. The normalized spacial score (nSPS) is 11.3. The summed E-state index contributed by atoms with van der Waals surface area (Å²) in [6.45, 7) is 0.234. The van der Waals surface area contributed by atoms with Crippen LogP contribution in [0.5, 0.6) is 5.75 Å². The molecule has 1 amide bonds. The van der Waals surface area contributed by atoms with Gasteiger partial charge in [0.1, 0.15) is 22.1 Å². The summed E-state index contributed by atoms with van der Waals surface area (Å²) in [5.74, 6) is 0.370. The lowest BCUT2D eigenvalue weighted by atomic mass is 10.1. The van der Waals surface area contributed by atoms with E-state index in [4.69, 9.17) is 14.3 Å². The van der Waals surface area contributed by atoms with Crippen LogP contribution in [0.15, 0.2) is 52.0 Å². The number of aromatic nitrogens is 2. The zero-order valence-corrected chi connectivity index (χ0v) is 14.5. The van der Waals surface area contributed by atoms with Crippen LogP contribution < -0.4 is 15.2 Å². The summed E-state index contributed by atoms with van der Waals surface area (Å²) in [6.07, 6.45) is 1.52. The molecule has 0 saturated carbocycles. The molecule has 4 N–H and O–H groups in total. The number of aromatic amines is 1. The van der Waals surface area contributed by atoms with Crippen molar-refractivity contribution in [2.75, 3.05) is 7.11 Å². The van der Waals surface area contributed by atoms with Crippen molar-refractivity contribution >= 4 is 15.9 Å². The number of hydrogen-bond acceptors (Lipinski definition) is 6. The summed E-state index contributed by atoms with van der Waals surface area (Å²) in [4.78, 5) is 12.0. The third kappa shape index (κ3) is 3.76. The number of benzene rings is 1. The first-order valence-electron chi connectivity index (χ1n) is 7.45. The number of amides is 1. The van der Waals surface area contributed by atoms with Gasteiger partial charge in [-0.3, -0.25) is 9.89 Å². The molecule has 0 unspecified atom stereocenters. The number of hydrogen-bond donors (Lipinski definition) is 3. The maximum absolute atomic E-state index is 12.2. The van der Waals surface area contributed by atoms with Crippen LogP contribution in [0.25, 0.3) is 11.3 Å². The fourth-order valence-electron chi connectivity index (χ4n) is 2.32. The lowest BCUT2D eigenvalue weighted by molar-refractivity contribution is 0.0943. The SMILES string of the molecule is COc1ccc(-c2cc(C(=O)NCc3ccco3)[nH]n2)cc1S(N)(=O)=O. The first-order chi connectivity index (χ1) is 12.4. The second-order valence-electron chi connectivity index (χ2n) is 5.34. The van der Waals surface area contributed by atoms with Crippen molar-refractivity contribution in [1.29, 1.82) is 0 Å². The van der Waals surface area contributed by atoms with Crippen LogP contribution in [-0.4, -0.2) is 31.6 Å². The molecule has 9 nitrogen and oxygen atoms in total. The molecular weight excluding hydrogens is 360 g/mol. The minimum atomic E-state index is -3.97. The quantitative estimate of drug-likeness (QED) is 0.591. The average Bonchev–Trinajstić information content (AvgIpc) is 3.30. The number of H-pyrrole nitrogens is 1. The van der Waals surface area contributed by atoms with E-state index in [2.05, 4.69) is 15.5 Å². The highest BCUT2D eigenvalue weighted by molar-refractivity contribution is 7.89. The van der Waals surface area contributed by atoms with Gasteiger partial charge in [-0.1, -0.05) is 0 Å². The summed E-state index contributed by atoms with van der Waals surface area (Å²) in [6, 6.07) is 9.41. The van der Waals surface area contributed by atoms with E-state index >= 15 is 0 Å². The van der Waals surface area contributed by atoms with Gasteiger partial charge in [0.05, 0.1) is 25.6 Å².